The molecular weight excluding hydrogens is 248 g/mol. The van der Waals surface area contributed by atoms with E-state index in [0.29, 0.717) is 19.0 Å². The molecule has 0 bridgehead atoms. The van der Waals surface area contributed by atoms with Crippen LogP contribution in [0.1, 0.15) is 84.5 Å². The second-order valence-corrected chi connectivity index (χ2v) is 6.76. The largest absolute Gasteiger partial charge is 0.354 e. The first-order chi connectivity index (χ1) is 9.62. The van der Waals surface area contributed by atoms with Crippen LogP contribution in [0.25, 0.3) is 0 Å². The molecule has 0 heterocycles. The van der Waals surface area contributed by atoms with Gasteiger partial charge in [0, 0.05) is 12.5 Å². The molecule has 1 aliphatic rings. The van der Waals surface area contributed by atoms with Crippen LogP contribution < -0.4 is 11.1 Å². The first-order valence-electron chi connectivity index (χ1n) is 8.61. The molecule has 1 atom stereocenters. The minimum Gasteiger partial charge on any atom is -0.354 e. The fourth-order valence-electron chi connectivity index (χ4n) is 3.37. The van der Waals surface area contributed by atoms with Gasteiger partial charge in [0.25, 0.3) is 0 Å². The van der Waals surface area contributed by atoms with Gasteiger partial charge in [0.2, 0.25) is 5.91 Å². The van der Waals surface area contributed by atoms with E-state index in [-0.39, 0.29) is 11.3 Å². The van der Waals surface area contributed by atoms with E-state index in [9.17, 15) is 4.79 Å². The van der Waals surface area contributed by atoms with Crippen LogP contribution in [-0.2, 0) is 4.79 Å². The van der Waals surface area contributed by atoms with E-state index in [4.69, 9.17) is 5.73 Å². The van der Waals surface area contributed by atoms with Gasteiger partial charge < -0.3 is 11.1 Å². The molecule has 1 unspecified atom stereocenters. The Kier molecular flexibility index (Phi) is 8.20. The van der Waals surface area contributed by atoms with Crippen molar-refractivity contribution in [3.8, 4) is 0 Å². The highest BCUT2D eigenvalue weighted by Crippen LogP contribution is 2.38. The zero-order chi connectivity index (χ0) is 14.8. The standard InChI is InChI=1S/C17H34N2O/c1-3-4-5-7-10-15(2)19-16(20)13-17(14-18)11-8-6-9-12-17/h15H,3-14,18H2,1-2H3,(H,19,20). The third-order valence-electron chi connectivity index (χ3n) is 4.78. The number of rotatable bonds is 9. The monoisotopic (exact) mass is 282 g/mol. The number of hydrogen-bond acceptors (Lipinski definition) is 2. The van der Waals surface area contributed by atoms with Crippen LogP contribution in [0.2, 0.25) is 0 Å². The van der Waals surface area contributed by atoms with E-state index < -0.39 is 0 Å². The van der Waals surface area contributed by atoms with Gasteiger partial charge in [-0.25, -0.2) is 0 Å². The van der Waals surface area contributed by atoms with Crippen molar-refractivity contribution in [3.05, 3.63) is 0 Å². The van der Waals surface area contributed by atoms with E-state index in [1.165, 1.54) is 44.9 Å². The molecule has 3 heteroatoms. The number of carbonyl (C=O) groups excluding carboxylic acids is 1. The van der Waals surface area contributed by atoms with Crippen molar-refractivity contribution in [2.45, 2.75) is 90.5 Å². The zero-order valence-corrected chi connectivity index (χ0v) is 13.5. The number of carbonyl (C=O) groups is 1. The lowest BCUT2D eigenvalue weighted by atomic mass is 9.71. The lowest BCUT2D eigenvalue weighted by molar-refractivity contribution is -0.124. The molecule has 0 spiro atoms. The fourth-order valence-corrected chi connectivity index (χ4v) is 3.37. The molecule has 118 valence electrons. The van der Waals surface area contributed by atoms with Gasteiger partial charge in [-0.2, -0.15) is 0 Å². The van der Waals surface area contributed by atoms with Crippen molar-refractivity contribution in [2.75, 3.05) is 6.54 Å². The minimum atomic E-state index is 0.0876. The highest BCUT2D eigenvalue weighted by molar-refractivity contribution is 5.77. The Bertz CT molecular complexity index is 272. The van der Waals surface area contributed by atoms with Crippen LogP contribution in [0, 0.1) is 5.41 Å². The predicted molar refractivity (Wildman–Crippen MR) is 85.6 cm³/mol. The summed E-state index contributed by atoms with van der Waals surface area (Å²) in [5.41, 5.74) is 6.04. The summed E-state index contributed by atoms with van der Waals surface area (Å²) in [6.45, 7) is 5.01. The first-order valence-corrected chi connectivity index (χ1v) is 8.61. The third-order valence-corrected chi connectivity index (χ3v) is 4.78. The van der Waals surface area contributed by atoms with E-state index in [0.717, 1.165) is 19.3 Å². The van der Waals surface area contributed by atoms with Crippen LogP contribution in [0.4, 0.5) is 0 Å². The van der Waals surface area contributed by atoms with Crippen molar-refractivity contribution in [1.29, 1.82) is 0 Å². The van der Waals surface area contributed by atoms with Crippen LogP contribution in [0.5, 0.6) is 0 Å². The maximum atomic E-state index is 12.2. The number of amides is 1. The quantitative estimate of drug-likeness (QED) is 0.633. The normalized spacial score (nSPS) is 19.6. The smallest absolute Gasteiger partial charge is 0.220 e. The fraction of sp³-hybridized carbons (Fsp3) is 0.941. The maximum Gasteiger partial charge on any atom is 0.220 e. The summed E-state index contributed by atoms with van der Waals surface area (Å²) in [5, 5.41) is 3.17. The molecule has 1 fully saturated rings. The lowest BCUT2D eigenvalue weighted by Crippen LogP contribution is -2.41. The summed E-state index contributed by atoms with van der Waals surface area (Å²) in [4.78, 5) is 12.2. The number of nitrogens with one attached hydrogen (secondary N) is 1. The summed E-state index contributed by atoms with van der Waals surface area (Å²) < 4.78 is 0. The van der Waals surface area contributed by atoms with Gasteiger partial charge in [0.15, 0.2) is 0 Å². The number of nitrogens with two attached hydrogens (primary N) is 1. The van der Waals surface area contributed by atoms with Crippen molar-refractivity contribution in [1.82, 2.24) is 5.32 Å². The van der Waals surface area contributed by atoms with Crippen molar-refractivity contribution in [3.63, 3.8) is 0 Å². The lowest BCUT2D eigenvalue weighted by Gasteiger charge is -2.36. The summed E-state index contributed by atoms with van der Waals surface area (Å²) in [7, 11) is 0. The van der Waals surface area contributed by atoms with Crippen molar-refractivity contribution < 1.29 is 4.79 Å². The van der Waals surface area contributed by atoms with Crippen LogP contribution in [0.3, 0.4) is 0 Å². The molecule has 0 aromatic rings. The minimum absolute atomic E-state index is 0.0876. The molecule has 1 aliphatic carbocycles. The average molecular weight is 282 g/mol. The molecule has 0 aromatic heterocycles. The number of unbranched alkanes of at least 4 members (excludes halogenated alkanes) is 3. The Hall–Kier alpha value is -0.570. The SMILES string of the molecule is CCCCCCC(C)NC(=O)CC1(CN)CCCCC1. The van der Waals surface area contributed by atoms with Gasteiger partial charge in [-0.15, -0.1) is 0 Å². The first kappa shape index (κ1) is 17.5. The molecule has 0 radical (unpaired) electrons. The maximum absolute atomic E-state index is 12.2. The van der Waals surface area contributed by atoms with Crippen LogP contribution in [0.15, 0.2) is 0 Å². The Labute approximate surface area is 125 Å². The molecule has 1 amide bonds. The molecule has 1 saturated carbocycles. The second kappa shape index (κ2) is 9.38. The van der Waals surface area contributed by atoms with Gasteiger partial charge in [-0.3, -0.25) is 4.79 Å². The Balaban J connectivity index is 2.27. The molecular formula is C17H34N2O. The summed E-state index contributed by atoms with van der Waals surface area (Å²) in [6, 6.07) is 0.303. The summed E-state index contributed by atoms with van der Waals surface area (Å²) in [6.07, 6.45) is 12.8. The number of hydrogen-bond donors (Lipinski definition) is 2. The zero-order valence-electron chi connectivity index (χ0n) is 13.5. The summed E-state index contributed by atoms with van der Waals surface area (Å²) in [5.74, 6) is 0.209. The van der Waals surface area contributed by atoms with Crippen LogP contribution >= 0.6 is 0 Å². The van der Waals surface area contributed by atoms with Crippen molar-refractivity contribution in [2.24, 2.45) is 11.1 Å². The van der Waals surface area contributed by atoms with E-state index in [1.807, 2.05) is 0 Å². The Morgan fingerprint density at radius 1 is 1.20 bits per heavy atom. The molecule has 3 nitrogen and oxygen atoms in total. The van der Waals surface area contributed by atoms with Crippen LogP contribution in [-0.4, -0.2) is 18.5 Å². The highest BCUT2D eigenvalue weighted by Gasteiger charge is 2.33. The average Bonchev–Trinajstić information content (AvgIpc) is 2.44. The van der Waals surface area contributed by atoms with Crippen molar-refractivity contribution >= 4 is 5.91 Å². The van der Waals surface area contributed by atoms with Gasteiger partial charge in [-0.1, -0.05) is 51.9 Å². The second-order valence-electron chi connectivity index (χ2n) is 6.76. The molecule has 20 heavy (non-hydrogen) atoms. The van der Waals surface area contributed by atoms with Gasteiger partial charge in [0.05, 0.1) is 0 Å². The molecule has 3 N–H and O–H groups in total. The Morgan fingerprint density at radius 2 is 1.90 bits per heavy atom. The molecule has 0 aromatic carbocycles. The van der Waals surface area contributed by atoms with E-state index in [1.54, 1.807) is 0 Å². The molecule has 0 aliphatic heterocycles. The predicted octanol–water partition coefficient (Wildman–Crippen LogP) is 3.76. The highest BCUT2D eigenvalue weighted by atomic mass is 16.1. The van der Waals surface area contributed by atoms with E-state index in [2.05, 4.69) is 19.2 Å². The van der Waals surface area contributed by atoms with Gasteiger partial charge in [0.1, 0.15) is 0 Å². The topological polar surface area (TPSA) is 55.1 Å². The molecule has 0 saturated heterocycles. The molecule has 1 rings (SSSR count). The van der Waals surface area contributed by atoms with Gasteiger partial charge >= 0.3 is 0 Å². The Morgan fingerprint density at radius 3 is 2.50 bits per heavy atom. The summed E-state index contributed by atoms with van der Waals surface area (Å²) >= 11 is 0. The third kappa shape index (κ3) is 6.25. The van der Waals surface area contributed by atoms with Gasteiger partial charge in [-0.05, 0) is 38.1 Å². The van der Waals surface area contributed by atoms with E-state index >= 15 is 0 Å².